The molecule has 0 aliphatic heterocycles. The van der Waals surface area contributed by atoms with Crippen LogP contribution in [0, 0.1) is 13.8 Å². The van der Waals surface area contributed by atoms with Gasteiger partial charge in [0.25, 0.3) is 6.43 Å². The summed E-state index contributed by atoms with van der Waals surface area (Å²) in [5.74, 6) is 0.0321. The zero-order valence-electron chi connectivity index (χ0n) is 9.93. The van der Waals surface area contributed by atoms with Gasteiger partial charge in [-0.3, -0.25) is 0 Å². The highest BCUT2D eigenvalue weighted by Gasteiger charge is 2.32. The number of sulfonamides is 1. The van der Waals surface area contributed by atoms with Crippen LogP contribution >= 0.6 is 0 Å². The van der Waals surface area contributed by atoms with Gasteiger partial charge in [-0.05, 0) is 13.8 Å². The van der Waals surface area contributed by atoms with Gasteiger partial charge in [-0.15, -0.1) is 0 Å². The highest BCUT2D eigenvalue weighted by molar-refractivity contribution is 7.89. The summed E-state index contributed by atoms with van der Waals surface area (Å²) in [5, 5.41) is 12.2. The van der Waals surface area contributed by atoms with Gasteiger partial charge in [-0.2, -0.15) is 4.31 Å². The monoisotopic (exact) mass is 284 g/mol. The van der Waals surface area contributed by atoms with E-state index in [0.717, 1.165) is 0 Å². The number of halogens is 2. The average Bonchev–Trinajstić information content (AvgIpc) is 2.57. The smallest absolute Gasteiger partial charge is 0.252 e. The number of aromatic nitrogens is 1. The van der Waals surface area contributed by atoms with E-state index >= 15 is 0 Å². The Balaban J connectivity index is 3.17. The molecule has 0 aromatic carbocycles. The maximum atomic E-state index is 12.4. The third-order valence-corrected chi connectivity index (χ3v) is 4.37. The van der Waals surface area contributed by atoms with E-state index in [-0.39, 0.29) is 16.3 Å². The summed E-state index contributed by atoms with van der Waals surface area (Å²) in [7, 11) is -4.14. The molecule has 0 bridgehead atoms. The second kappa shape index (κ2) is 5.72. The van der Waals surface area contributed by atoms with Gasteiger partial charge in [0.1, 0.15) is 10.6 Å². The largest absolute Gasteiger partial charge is 0.395 e. The first-order chi connectivity index (χ1) is 8.30. The summed E-state index contributed by atoms with van der Waals surface area (Å²) in [6.45, 7) is 0.855. The molecule has 0 radical (unpaired) electrons. The van der Waals surface area contributed by atoms with E-state index < -0.39 is 36.1 Å². The molecular weight excluding hydrogens is 270 g/mol. The maximum Gasteiger partial charge on any atom is 0.252 e. The lowest BCUT2D eigenvalue weighted by atomic mass is 10.4. The number of nitrogens with zero attached hydrogens (tertiary/aromatic N) is 2. The third kappa shape index (κ3) is 3.03. The van der Waals surface area contributed by atoms with E-state index in [9.17, 15) is 17.2 Å². The first kappa shape index (κ1) is 15.0. The van der Waals surface area contributed by atoms with Crippen molar-refractivity contribution in [2.75, 3.05) is 19.7 Å². The van der Waals surface area contributed by atoms with E-state index in [1.807, 2.05) is 0 Å². The minimum absolute atomic E-state index is 0.0321. The fourth-order valence-electron chi connectivity index (χ4n) is 1.55. The Hall–Kier alpha value is -1.06. The van der Waals surface area contributed by atoms with Gasteiger partial charge >= 0.3 is 0 Å². The second-order valence-corrected chi connectivity index (χ2v) is 5.51. The summed E-state index contributed by atoms with van der Waals surface area (Å²) in [4.78, 5) is -0.225. The Morgan fingerprint density at radius 3 is 2.44 bits per heavy atom. The molecule has 1 aromatic rings. The van der Waals surface area contributed by atoms with Crippen LogP contribution < -0.4 is 0 Å². The van der Waals surface area contributed by atoms with Gasteiger partial charge < -0.3 is 9.63 Å². The minimum Gasteiger partial charge on any atom is -0.395 e. The van der Waals surface area contributed by atoms with Crippen LogP contribution in [-0.4, -0.2) is 49.1 Å². The van der Waals surface area contributed by atoms with Crippen molar-refractivity contribution in [2.45, 2.75) is 25.2 Å². The number of aryl methyl sites for hydroxylation is 2. The van der Waals surface area contributed by atoms with Crippen molar-refractivity contribution in [3.63, 3.8) is 0 Å². The quantitative estimate of drug-likeness (QED) is 0.824. The molecule has 104 valence electrons. The molecule has 0 unspecified atom stereocenters. The first-order valence-corrected chi connectivity index (χ1v) is 6.56. The molecule has 0 aliphatic rings. The van der Waals surface area contributed by atoms with E-state index in [1.54, 1.807) is 0 Å². The molecule has 1 N–H and O–H groups in total. The highest BCUT2D eigenvalue weighted by Crippen LogP contribution is 2.23. The van der Waals surface area contributed by atoms with Gasteiger partial charge in [0, 0.05) is 6.54 Å². The SMILES string of the molecule is Cc1noc(C)c1S(=O)(=O)N(CCO)CC(F)F. The standard InChI is InChI=1S/C9H14F2N2O4S/c1-6-9(7(2)17-12-6)18(15,16)13(3-4-14)5-8(10)11/h8,14H,3-5H2,1-2H3. The van der Waals surface area contributed by atoms with Crippen LogP contribution in [0.4, 0.5) is 8.78 Å². The molecule has 6 nitrogen and oxygen atoms in total. The van der Waals surface area contributed by atoms with Crippen molar-refractivity contribution in [1.29, 1.82) is 0 Å². The minimum atomic E-state index is -4.14. The summed E-state index contributed by atoms with van der Waals surface area (Å²) < 4.78 is 54.2. The normalized spacial score (nSPS) is 12.6. The Bertz CT molecular complexity index is 481. The second-order valence-electron chi connectivity index (χ2n) is 3.63. The predicted molar refractivity (Wildman–Crippen MR) is 57.8 cm³/mol. The lowest BCUT2D eigenvalue weighted by Gasteiger charge is -2.20. The summed E-state index contributed by atoms with van der Waals surface area (Å²) >= 11 is 0. The zero-order valence-corrected chi connectivity index (χ0v) is 10.7. The number of alkyl halides is 2. The van der Waals surface area contributed by atoms with Crippen molar-refractivity contribution >= 4 is 10.0 Å². The number of aliphatic hydroxyl groups excluding tert-OH is 1. The molecular formula is C9H14F2N2O4S. The summed E-state index contributed by atoms with van der Waals surface area (Å²) in [6.07, 6.45) is -2.83. The number of aliphatic hydroxyl groups is 1. The number of rotatable bonds is 6. The fraction of sp³-hybridized carbons (Fsp3) is 0.667. The van der Waals surface area contributed by atoms with Crippen molar-refractivity contribution < 1.29 is 26.8 Å². The van der Waals surface area contributed by atoms with E-state index in [2.05, 4.69) is 5.16 Å². The van der Waals surface area contributed by atoms with Crippen LogP contribution in [0.5, 0.6) is 0 Å². The summed E-state index contributed by atoms with van der Waals surface area (Å²) in [6, 6.07) is 0. The Kier molecular flexibility index (Phi) is 4.77. The molecule has 1 heterocycles. The van der Waals surface area contributed by atoms with Gasteiger partial charge in [0.05, 0.1) is 13.2 Å². The van der Waals surface area contributed by atoms with E-state index in [0.29, 0.717) is 4.31 Å². The van der Waals surface area contributed by atoms with E-state index in [1.165, 1.54) is 13.8 Å². The van der Waals surface area contributed by atoms with Crippen molar-refractivity contribution in [1.82, 2.24) is 9.46 Å². The van der Waals surface area contributed by atoms with Gasteiger partial charge in [-0.1, -0.05) is 5.16 Å². The van der Waals surface area contributed by atoms with Crippen LogP contribution in [0.15, 0.2) is 9.42 Å². The zero-order chi connectivity index (χ0) is 13.9. The molecule has 9 heteroatoms. The molecule has 0 aliphatic carbocycles. The lowest BCUT2D eigenvalue weighted by molar-refractivity contribution is 0.113. The van der Waals surface area contributed by atoms with E-state index in [4.69, 9.17) is 9.63 Å². The van der Waals surface area contributed by atoms with Crippen LogP contribution in [0.2, 0.25) is 0 Å². The predicted octanol–water partition coefficient (Wildman–Crippen LogP) is 0.540. The van der Waals surface area contributed by atoms with Gasteiger partial charge in [-0.25, -0.2) is 17.2 Å². The van der Waals surface area contributed by atoms with Crippen LogP contribution in [0.1, 0.15) is 11.5 Å². The molecule has 0 amide bonds. The van der Waals surface area contributed by atoms with Crippen molar-refractivity contribution in [2.24, 2.45) is 0 Å². The van der Waals surface area contributed by atoms with Gasteiger partial charge in [0.15, 0.2) is 5.76 Å². The topological polar surface area (TPSA) is 83.6 Å². The maximum absolute atomic E-state index is 12.4. The molecule has 0 spiro atoms. The van der Waals surface area contributed by atoms with Crippen LogP contribution in [0.25, 0.3) is 0 Å². The Labute approximate surface area is 103 Å². The average molecular weight is 284 g/mol. The molecule has 0 fully saturated rings. The molecule has 0 atom stereocenters. The number of hydrogen-bond acceptors (Lipinski definition) is 5. The Morgan fingerprint density at radius 1 is 1.44 bits per heavy atom. The number of hydrogen-bond donors (Lipinski definition) is 1. The summed E-state index contributed by atoms with van der Waals surface area (Å²) in [5.41, 5.74) is 0.102. The molecule has 0 saturated heterocycles. The molecule has 1 aromatic heterocycles. The molecule has 0 saturated carbocycles. The van der Waals surface area contributed by atoms with Crippen molar-refractivity contribution in [3.05, 3.63) is 11.5 Å². The van der Waals surface area contributed by atoms with Crippen LogP contribution in [-0.2, 0) is 10.0 Å². The third-order valence-electron chi connectivity index (χ3n) is 2.26. The Morgan fingerprint density at radius 2 is 2.06 bits per heavy atom. The lowest BCUT2D eigenvalue weighted by Crippen LogP contribution is -2.37. The van der Waals surface area contributed by atoms with Crippen LogP contribution in [0.3, 0.4) is 0 Å². The molecule has 18 heavy (non-hydrogen) atoms. The molecule has 1 rings (SSSR count). The first-order valence-electron chi connectivity index (χ1n) is 5.12. The highest BCUT2D eigenvalue weighted by atomic mass is 32.2. The van der Waals surface area contributed by atoms with Gasteiger partial charge in [0.2, 0.25) is 10.0 Å². The fourth-order valence-corrected chi connectivity index (χ4v) is 3.25. The van der Waals surface area contributed by atoms with Crippen molar-refractivity contribution in [3.8, 4) is 0 Å².